The fourth-order valence-corrected chi connectivity index (χ4v) is 6.02. The van der Waals surface area contributed by atoms with Crippen LogP contribution >= 0.6 is 0 Å². The Balaban J connectivity index is 0.000000220. The molecule has 1 heteroatoms. The molecule has 1 aliphatic carbocycles. The number of hydrogen-bond donors (Lipinski definition) is 0. The number of hydrogen-bond acceptors (Lipinski definition) is 0. The molecule has 6 aromatic rings. The molecular formula is C49H58Zr. The van der Waals surface area contributed by atoms with E-state index in [4.69, 9.17) is 0 Å². The zero-order chi connectivity index (χ0) is 35.8. The van der Waals surface area contributed by atoms with Gasteiger partial charge < -0.3 is 13.8 Å². The minimum Gasteiger partial charge on any atom is -0.343 e. The summed E-state index contributed by atoms with van der Waals surface area (Å²) < 4.78 is 0. The van der Waals surface area contributed by atoms with Gasteiger partial charge in [0.05, 0.1) is 0 Å². The molecule has 0 bridgehead atoms. The van der Waals surface area contributed by atoms with Crippen LogP contribution in [-0.4, -0.2) is 0 Å². The Labute approximate surface area is 324 Å². The largest absolute Gasteiger partial charge is 4.00 e. The summed E-state index contributed by atoms with van der Waals surface area (Å²) in [6.45, 7) is 27.2. The van der Waals surface area contributed by atoms with Crippen LogP contribution in [-0.2, 0) is 43.5 Å². The molecule has 1 aliphatic rings. The molecular weight excluding hydrogens is 680 g/mol. The molecule has 0 N–H and O–H groups in total. The predicted molar refractivity (Wildman–Crippen MR) is 219 cm³/mol. The molecule has 0 saturated carbocycles. The Kier molecular flexibility index (Phi) is 15.2. The number of unbranched alkanes of at least 4 members (excludes halogenated alkanes) is 2. The first-order valence-corrected chi connectivity index (χ1v) is 18.2. The van der Waals surface area contributed by atoms with Gasteiger partial charge in [0.15, 0.2) is 0 Å². The number of benzene rings is 5. The first-order chi connectivity index (χ1) is 23.3. The van der Waals surface area contributed by atoms with Crippen molar-refractivity contribution < 1.29 is 26.2 Å². The van der Waals surface area contributed by atoms with E-state index in [9.17, 15) is 0 Å². The third-order valence-corrected chi connectivity index (χ3v) is 9.26. The van der Waals surface area contributed by atoms with Gasteiger partial charge in [0.2, 0.25) is 0 Å². The molecule has 0 saturated heterocycles. The average molecular weight is 738 g/mol. The molecule has 0 amide bonds. The van der Waals surface area contributed by atoms with Crippen LogP contribution in [0.3, 0.4) is 0 Å². The number of fused-ring (bicyclic) bond motifs is 5. The van der Waals surface area contributed by atoms with Crippen LogP contribution in [0.15, 0.2) is 103 Å². The number of aryl methyl sites for hydroxylation is 1. The fourth-order valence-electron chi connectivity index (χ4n) is 6.02. The average Bonchev–Trinajstić information content (AvgIpc) is 3.66. The quantitative estimate of drug-likeness (QED) is 0.158. The van der Waals surface area contributed by atoms with E-state index in [-0.39, 0.29) is 37.0 Å². The Morgan fingerprint density at radius 1 is 0.680 bits per heavy atom. The van der Waals surface area contributed by atoms with Crippen molar-refractivity contribution in [3.05, 3.63) is 151 Å². The van der Waals surface area contributed by atoms with Crippen molar-refractivity contribution in [2.75, 3.05) is 0 Å². The van der Waals surface area contributed by atoms with Gasteiger partial charge >= 0.3 is 26.2 Å². The summed E-state index contributed by atoms with van der Waals surface area (Å²) in [5.41, 5.74) is 12.7. The third-order valence-electron chi connectivity index (χ3n) is 9.26. The van der Waals surface area contributed by atoms with Gasteiger partial charge in [-0.05, 0) is 50.3 Å². The summed E-state index contributed by atoms with van der Waals surface area (Å²) >= 11 is 0. The van der Waals surface area contributed by atoms with Gasteiger partial charge in [-0.15, -0.1) is 34.0 Å². The van der Waals surface area contributed by atoms with Gasteiger partial charge in [-0.3, -0.25) is 0 Å². The van der Waals surface area contributed by atoms with Gasteiger partial charge in [-0.25, -0.2) is 0 Å². The van der Waals surface area contributed by atoms with Crippen LogP contribution in [0.4, 0.5) is 0 Å². The SMILES string of the molecule is CC(C)(C)c1[c-]c2c(cc1)-c1ccc(C(C)(C)C)cc1C2.Cc1c[cH-]c2ccc(-c3cccc4ccccc34)cc12.[CH2-]CCC.[CH2-]CCC.[Zr+4]. The monoisotopic (exact) mass is 736 g/mol. The second-order valence-corrected chi connectivity index (χ2v) is 15.4. The van der Waals surface area contributed by atoms with Gasteiger partial charge in [0, 0.05) is 0 Å². The minimum absolute atomic E-state index is 0. The topological polar surface area (TPSA) is 0 Å². The van der Waals surface area contributed by atoms with Crippen LogP contribution in [0.5, 0.6) is 0 Å². The summed E-state index contributed by atoms with van der Waals surface area (Å²) in [6, 6.07) is 41.4. The molecule has 7 rings (SSSR count). The van der Waals surface area contributed by atoms with E-state index >= 15 is 0 Å². The summed E-state index contributed by atoms with van der Waals surface area (Å²) in [5, 5.41) is 5.30. The smallest absolute Gasteiger partial charge is 0.343 e. The van der Waals surface area contributed by atoms with Crippen molar-refractivity contribution in [2.24, 2.45) is 0 Å². The van der Waals surface area contributed by atoms with E-state index in [1.54, 1.807) is 0 Å². The van der Waals surface area contributed by atoms with Crippen molar-refractivity contribution in [2.45, 2.75) is 105 Å². The van der Waals surface area contributed by atoms with E-state index in [1.807, 2.05) is 0 Å². The van der Waals surface area contributed by atoms with Crippen LogP contribution in [0.1, 0.15) is 109 Å². The molecule has 258 valence electrons. The van der Waals surface area contributed by atoms with E-state index < -0.39 is 0 Å². The van der Waals surface area contributed by atoms with Crippen molar-refractivity contribution >= 4 is 21.5 Å². The molecule has 0 nitrogen and oxygen atoms in total. The summed E-state index contributed by atoms with van der Waals surface area (Å²) in [4.78, 5) is 0. The van der Waals surface area contributed by atoms with E-state index in [1.165, 1.54) is 84.5 Å². The van der Waals surface area contributed by atoms with Crippen molar-refractivity contribution in [3.63, 3.8) is 0 Å². The summed E-state index contributed by atoms with van der Waals surface area (Å²) in [7, 11) is 0. The Bertz CT molecular complexity index is 1880. The molecule has 0 heterocycles. The van der Waals surface area contributed by atoms with Crippen LogP contribution in [0.2, 0.25) is 0 Å². The third kappa shape index (κ3) is 10.2. The normalized spacial score (nSPS) is 11.6. The second kappa shape index (κ2) is 18.4. The van der Waals surface area contributed by atoms with E-state index in [0.717, 1.165) is 19.3 Å². The van der Waals surface area contributed by atoms with Crippen LogP contribution < -0.4 is 0 Å². The second-order valence-electron chi connectivity index (χ2n) is 15.4. The number of rotatable bonds is 3. The van der Waals surface area contributed by atoms with Crippen molar-refractivity contribution in [3.8, 4) is 22.3 Å². The fraction of sp³-hybridized carbons (Fsp3) is 0.327. The van der Waals surface area contributed by atoms with Crippen molar-refractivity contribution in [1.82, 2.24) is 0 Å². The molecule has 6 aromatic carbocycles. The molecule has 50 heavy (non-hydrogen) atoms. The maximum Gasteiger partial charge on any atom is 4.00 e. The molecule has 0 radical (unpaired) electrons. The minimum atomic E-state index is 0. The molecule has 0 unspecified atom stereocenters. The maximum atomic E-state index is 3.67. The Morgan fingerprint density at radius 2 is 1.32 bits per heavy atom. The zero-order valence-electron chi connectivity index (χ0n) is 32.3. The van der Waals surface area contributed by atoms with Crippen LogP contribution in [0, 0.1) is 26.8 Å². The van der Waals surface area contributed by atoms with Crippen molar-refractivity contribution in [1.29, 1.82) is 0 Å². The Morgan fingerprint density at radius 3 is 1.96 bits per heavy atom. The van der Waals surface area contributed by atoms with Gasteiger partial charge in [0.1, 0.15) is 0 Å². The Hall–Kier alpha value is -3.15. The van der Waals surface area contributed by atoms with E-state index in [2.05, 4.69) is 185 Å². The van der Waals surface area contributed by atoms with Gasteiger partial charge in [-0.2, -0.15) is 48.2 Å². The molecule has 0 aromatic heterocycles. The molecule has 0 fully saturated rings. The molecule has 0 spiro atoms. The first kappa shape index (κ1) is 41.3. The predicted octanol–water partition coefficient (Wildman–Crippen LogP) is 14.6. The summed E-state index contributed by atoms with van der Waals surface area (Å²) in [5.74, 6) is 0. The van der Waals surface area contributed by atoms with Gasteiger partial charge in [0.25, 0.3) is 0 Å². The first-order valence-electron chi connectivity index (χ1n) is 18.2. The molecule has 0 aliphatic heterocycles. The van der Waals surface area contributed by atoms with E-state index in [0.29, 0.717) is 0 Å². The maximum absolute atomic E-state index is 3.67. The molecule has 0 atom stereocenters. The van der Waals surface area contributed by atoms with Crippen LogP contribution in [0.25, 0.3) is 43.8 Å². The zero-order valence-corrected chi connectivity index (χ0v) is 34.7. The van der Waals surface area contributed by atoms with Gasteiger partial charge in [-0.1, -0.05) is 154 Å². The summed E-state index contributed by atoms with van der Waals surface area (Å²) in [6.07, 6.45) is 5.58. The standard InChI is InChI=1S/C21H25.C20H15.2C4H9.Zr/c1-20(2,3)16-7-9-18-14(12-16)11-15-13-17(21(4,5)6)8-10-19(15)18;1-14-9-10-16-11-12-17(13-20(14)16)19-8-4-6-15-5-2-3-7-18(15)19;2*1-3-4-2;/h7-10,12H,11H2,1-6H3;2-13H,1H3;2*1,3-4H2,2H3;/q4*-1;+4.